The van der Waals surface area contributed by atoms with Crippen LogP contribution in [0.4, 0.5) is 10.1 Å². The SMILES string of the molecule is Cc1cc(F)ccc1S(=O)(=O)N1c2ccc(S(N)(=O)=O)cc2CC1C. The molecule has 6 nitrogen and oxygen atoms in total. The fraction of sp³-hybridized carbons (Fsp3) is 0.250. The Labute approximate surface area is 146 Å². The van der Waals surface area contributed by atoms with E-state index < -0.39 is 31.9 Å². The summed E-state index contributed by atoms with van der Waals surface area (Å²) in [5.74, 6) is -0.510. The van der Waals surface area contributed by atoms with Crippen LogP contribution >= 0.6 is 0 Å². The number of nitrogens with zero attached hydrogens (tertiary/aromatic N) is 1. The van der Waals surface area contributed by atoms with Crippen molar-refractivity contribution in [3.05, 3.63) is 53.3 Å². The van der Waals surface area contributed by atoms with Crippen LogP contribution in [0.5, 0.6) is 0 Å². The van der Waals surface area contributed by atoms with E-state index in [0.29, 0.717) is 23.2 Å². The molecular formula is C16H17FN2O4S2. The molecule has 1 atom stereocenters. The lowest BCUT2D eigenvalue weighted by molar-refractivity contribution is 0.582. The van der Waals surface area contributed by atoms with Crippen molar-refractivity contribution in [1.29, 1.82) is 0 Å². The highest BCUT2D eigenvalue weighted by molar-refractivity contribution is 7.93. The molecule has 3 rings (SSSR count). The fourth-order valence-corrected chi connectivity index (χ4v) is 5.60. The van der Waals surface area contributed by atoms with Crippen LogP contribution in [-0.4, -0.2) is 22.9 Å². The lowest BCUT2D eigenvalue weighted by Crippen LogP contribution is -2.36. The van der Waals surface area contributed by atoms with Gasteiger partial charge in [-0.05, 0) is 67.8 Å². The van der Waals surface area contributed by atoms with Crippen molar-refractivity contribution >= 4 is 25.7 Å². The van der Waals surface area contributed by atoms with E-state index in [1.54, 1.807) is 6.92 Å². The molecule has 0 saturated heterocycles. The van der Waals surface area contributed by atoms with Gasteiger partial charge >= 0.3 is 0 Å². The highest BCUT2D eigenvalue weighted by Crippen LogP contribution is 2.38. The van der Waals surface area contributed by atoms with E-state index in [-0.39, 0.29) is 9.79 Å². The number of halogens is 1. The lowest BCUT2D eigenvalue weighted by Gasteiger charge is -2.25. The summed E-state index contributed by atoms with van der Waals surface area (Å²) in [6.07, 6.45) is 0.359. The number of benzene rings is 2. The monoisotopic (exact) mass is 384 g/mol. The second kappa shape index (κ2) is 5.79. The topological polar surface area (TPSA) is 97.5 Å². The number of hydrogen-bond acceptors (Lipinski definition) is 4. The first-order chi connectivity index (χ1) is 11.5. The molecule has 2 aromatic carbocycles. The van der Waals surface area contributed by atoms with Crippen LogP contribution in [0.2, 0.25) is 0 Å². The summed E-state index contributed by atoms with van der Waals surface area (Å²) < 4.78 is 63.7. The van der Waals surface area contributed by atoms with Gasteiger partial charge in [0.25, 0.3) is 10.0 Å². The van der Waals surface area contributed by atoms with Crippen molar-refractivity contribution in [2.24, 2.45) is 5.14 Å². The quantitative estimate of drug-likeness (QED) is 0.874. The summed E-state index contributed by atoms with van der Waals surface area (Å²) in [7, 11) is -7.78. The van der Waals surface area contributed by atoms with Crippen molar-refractivity contribution in [2.75, 3.05) is 4.31 Å². The van der Waals surface area contributed by atoms with E-state index in [2.05, 4.69) is 0 Å². The number of nitrogens with two attached hydrogens (primary N) is 1. The Morgan fingerprint density at radius 1 is 1.12 bits per heavy atom. The number of primary sulfonamides is 1. The Morgan fingerprint density at radius 2 is 1.80 bits per heavy atom. The van der Waals surface area contributed by atoms with Gasteiger partial charge in [0.05, 0.1) is 15.5 Å². The largest absolute Gasteiger partial charge is 0.264 e. The maximum absolute atomic E-state index is 13.3. The minimum absolute atomic E-state index is 0.0177. The van der Waals surface area contributed by atoms with Crippen LogP contribution in [0.3, 0.4) is 0 Å². The van der Waals surface area contributed by atoms with Crippen LogP contribution in [0, 0.1) is 12.7 Å². The molecule has 9 heteroatoms. The zero-order valence-electron chi connectivity index (χ0n) is 13.6. The molecule has 134 valence electrons. The minimum atomic E-state index is -3.91. The predicted octanol–water partition coefficient (Wildman–Crippen LogP) is 1.92. The molecular weight excluding hydrogens is 367 g/mol. The van der Waals surface area contributed by atoms with Gasteiger partial charge < -0.3 is 0 Å². The third-order valence-electron chi connectivity index (χ3n) is 4.21. The first-order valence-corrected chi connectivity index (χ1v) is 10.5. The van der Waals surface area contributed by atoms with Crippen molar-refractivity contribution in [1.82, 2.24) is 0 Å². The van der Waals surface area contributed by atoms with Crippen LogP contribution in [-0.2, 0) is 26.5 Å². The van der Waals surface area contributed by atoms with Crippen molar-refractivity contribution in [2.45, 2.75) is 36.1 Å². The number of sulfonamides is 2. The molecule has 1 unspecified atom stereocenters. The molecule has 0 bridgehead atoms. The number of fused-ring (bicyclic) bond motifs is 1. The summed E-state index contributed by atoms with van der Waals surface area (Å²) in [6.45, 7) is 3.26. The standard InChI is InChI=1S/C16H17FN2O4S2/c1-10-7-13(17)3-6-16(10)25(22,23)19-11(2)8-12-9-14(24(18,20)21)4-5-15(12)19/h3-7,9,11H,8H2,1-2H3,(H2,18,20,21). The second-order valence-electron chi connectivity index (χ2n) is 6.10. The van der Waals surface area contributed by atoms with Gasteiger partial charge in [0.15, 0.2) is 0 Å². The maximum atomic E-state index is 13.3. The van der Waals surface area contributed by atoms with E-state index >= 15 is 0 Å². The predicted molar refractivity (Wildman–Crippen MR) is 91.8 cm³/mol. The molecule has 0 aromatic heterocycles. The molecule has 2 N–H and O–H groups in total. The smallest absolute Gasteiger partial charge is 0.263 e. The fourth-order valence-electron chi connectivity index (χ4n) is 3.13. The number of aryl methyl sites for hydroxylation is 1. The number of hydrogen-bond donors (Lipinski definition) is 1. The number of anilines is 1. The zero-order chi connectivity index (χ0) is 18.6. The van der Waals surface area contributed by atoms with Crippen molar-refractivity contribution < 1.29 is 21.2 Å². The summed E-state index contributed by atoms with van der Waals surface area (Å²) in [4.78, 5) is -0.0419. The average Bonchev–Trinajstić information content (AvgIpc) is 2.81. The van der Waals surface area contributed by atoms with E-state index in [1.165, 1.54) is 41.6 Å². The first-order valence-electron chi connectivity index (χ1n) is 7.48. The molecule has 0 saturated carbocycles. The normalized spacial score (nSPS) is 17.6. The number of rotatable bonds is 3. The molecule has 1 aliphatic rings. The average molecular weight is 384 g/mol. The first kappa shape index (κ1) is 17.8. The summed E-state index contributed by atoms with van der Waals surface area (Å²) in [6, 6.07) is 7.23. The Hall–Kier alpha value is -1.97. The Balaban J connectivity index is 2.13. The van der Waals surface area contributed by atoms with Gasteiger partial charge in [-0.1, -0.05) is 0 Å². The van der Waals surface area contributed by atoms with E-state index in [0.717, 1.165) is 6.07 Å². The van der Waals surface area contributed by atoms with Gasteiger partial charge in [0.2, 0.25) is 10.0 Å². The van der Waals surface area contributed by atoms with E-state index in [1.807, 2.05) is 0 Å². The van der Waals surface area contributed by atoms with Crippen LogP contribution in [0.1, 0.15) is 18.1 Å². The Kier molecular flexibility index (Phi) is 4.13. The van der Waals surface area contributed by atoms with Crippen molar-refractivity contribution in [3.63, 3.8) is 0 Å². The molecule has 0 fully saturated rings. The molecule has 25 heavy (non-hydrogen) atoms. The molecule has 0 spiro atoms. The minimum Gasteiger partial charge on any atom is -0.263 e. The highest BCUT2D eigenvalue weighted by atomic mass is 32.2. The third kappa shape index (κ3) is 3.03. The summed E-state index contributed by atoms with van der Waals surface area (Å²) in [5.41, 5.74) is 1.30. The highest BCUT2D eigenvalue weighted by Gasteiger charge is 2.37. The van der Waals surface area contributed by atoms with Gasteiger partial charge in [-0.15, -0.1) is 0 Å². The van der Waals surface area contributed by atoms with Crippen LogP contribution < -0.4 is 9.44 Å². The van der Waals surface area contributed by atoms with Crippen LogP contribution in [0.25, 0.3) is 0 Å². The van der Waals surface area contributed by atoms with E-state index in [9.17, 15) is 21.2 Å². The lowest BCUT2D eigenvalue weighted by atomic mass is 10.1. The van der Waals surface area contributed by atoms with Gasteiger partial charge in [0.1, 0.15) is 5.82 Å². The van der Waals surface area contributed by atoms with Gasteiger partial charge in [0, 0.05) is 6.04 Å². The molecule has 1 heterocycles. The van der Waals surface area contributed by atoms with Gasteiger partial charge in [-0.3, -0.25) is 4.31 Å². The third-order valence-corrected chi connectivity index (χ3v) is 7.21. The Morgan fingerprint density at radius 3 is 2.40 bits per heavy atom. The summed E-state index contributed by atoms with van der Waals surface area (Å²) in [5, 5.41) is 5.14. The summed E-state index contributed by atoms with van der Waals surface area (Å²) >= 11 is 0. The van der Waals surface area contributed by atoms with Crippen molar-refractivity contribution in [3.8, 4) is 0 Å². The van der Waals surface area contributed by atoms with Gasteiger partial charge in [-0.25, -0.2) is 26.4 Å². The molecule has 0 amide bonds. The van der Waals surface area contributed by atoms with E-state index in [4.69, 9.17) is 5.14 Å². The maximum Gasteiger partial charge on any atom is 0.264 e. The Bertz CT molecular complexity index is 1070. The molecule has 2 aromatic rings. The molecule has 0 radical (unpaired) electrons. The van der Waals surface area contributed by atoms with Gasteiger partial charge in [-0.2, -0.15) is 0 Å². The second-order valence-corrected chi connectivity index (χ2v) is 9.44. The molecule has 1 aliphatic heterocycles. The zero-order valence-corrected chi connectivity index (χ0v) is 15.2. The van der Waals surface area contributed by atoms with Crippen LogP contribution in [0.15, 0.2) is 46.2 Å². The molecule has 0 aliphatic carbocycles.